The number of hydrogen-bond acceptors (Lipinski definition) is 4. The predicted molar refractivity (Wildman–Crippen MR) is 79.9 cm³/mol. The van der Waals surface area contributed by atoms with Gasteiger partial charge in [-0.2, -0.15) is 0 Å². The number of carbonyl (C=O) groups is 1. The molecule has 0 unspecified atom stereocenters. The van der Waals surface area contributed by atoms with E-state index in [0.29, 0.717) is 16.3 Å². The molecule has 2 aromatic rings. The zero-order chi connectivity index (χ0) is 15.4. The zero-order valence-corrected chi connectivity index (χ0v) is 12.3. The summed E-state index contributed by atoms with van der Waals surface area (Å²) < 4.78 is 13.8. The normalized spacial score (nSPS) is 9.90. The second-order valence-electron chi connectivity index (χ2n) is 4.26. The van der Waals surface area contributed by atoms with Crippen LogP contribution in [0.4, 0.5) is 10.1 Å². The maximum absolute atomic E-state index is 13.8. The Bertz CT molecular complexity index is 744. The van der Waals surface area contributed by atoms with Crippen LogP contribution in [0.1, 0.15) is 25.9 Å². The highest BCUT2D eigenvalue weighted by molar-refractivity contribution is 7.13. The predicted octanol–water partition coefficient (Wildman–Crippen LogP) is 2.50. The molecule has 2 N–H and O–H groups in total. The molecule has 0 atom stereocenters. The van der Waals surface area contributed by atoms with E-state index < -0.39 is 5.82 Å². The Labute approximate surface area is 125 Å². The van der Waals surface area contributed by atoms with Crippen LogP contribution in [0.2, 0.25) is 0 Å². The van der Waals surface area contributed by atoms with Crippen LogP contribution in [0.25, 0.3) is 0 Å². The van der Waals surface area contributed by atoms with Crippen molar-refractivity contribution < 1.29 is 14.3 Å². The van der Waals surface area contributed by atoms with E-state index in [1.54, 1.807) is 13.0 Å². The second kappa shape index (κ2) is 6.48. The Morgan fingerprint density at radius 2 is 2.24 bits per heavy atom. The monoisotopic (exact) mass is 304 g/mol. The molecule has 0 fully saturated rings. The zero-order valence-electron chi connectivity index (χ0n) is 11.5. The molecular weight excluding hydrogens is 291 g/mol. The van der Waals surface area contributed by atoms with Crippen molar-refractivity contribution >= 4 is 22.9 Å². The van der Waals surface area contributed by atoms with E-state index in [1.807, 2.05) is 6.92 Å². The Kier molecular flexibility index (Phi) is 4.68. The fourth-order valence-corrected chi connectivity index (χ4v) is 2.57. The van der Waals surface area contributed by atoms with Crippen LogP contribution in [0.15, 0.2) is 18.2 Å². The number of nitrogens with one attached hydrogen (secondary N) is 1. The highest BCUT2D eigenvalue weighted by Crippen LogP contribution is 2.20. The van der Waals surface area contributed by atoms with Crippen molar-refractivity contribution in [2.45, 2.75) is 13.8 Å². The lowest BCUT2D eigenvalue weighted by Crippen LogP contribution is -2.11. The van der Waals surface area contributed by atoms with Gasteiger partial charge in [-0.15, -0.1) is 11.3 Å². The SMILES string of the molecule is Cc1nc(C)c(C(=O)Nc2ccc(C#CCO)c(F)c2)s1. The topological polar surface area (TPSA) is 62.2 Å². The van der Waals surface area contributed by atoms with Crippen LogP contribution in [-0.4, -0.2) is 22.6 Å². The third kappa shape index (κ3) is 3.66. The summed E-state index contributed by atoms with van der Waals surface area (Å²) in [5, 5.41) is 12.0. The van der Waals surface area contributed by atoms with Gasteiger partial charge in [-0.3, -0.25) is 4.79 Å². The molecule has 1 amide bonds. The Morgan fingerprint density at radius 3 is 2.81 bits per heavy atom. The van der Waals surface area contributed by atoms with Crippen molar-refractivity contribution in [1.82, 2.24) is 4.98 Å². The van der Waals surface area contributed by atoms with Crippen LogP contribution in [-0.2, 0) is 0 Å². The molecule has 0 aliphatic rings. The highest BCUT2D eigenvalue weighted by Gasteiger charge is 2.14. The van der Waals surface area contributed by atoms with Gasteiger partial charge in [-0.05, 0) is 32.0 Å². The standard InChI is InChI=1S/C15H13FN2O2S/c1-9-14(21-10(2)17-9)15(20)18-12-6-5-11(4-3-7-19)13(16)8-12/h5-6,8,19H,7H2,1-2H3,(H,18,20). The second-order valence-corrected chi connectivity index (χ2v) is 5.46. The number of nitrogens with zero attached hydrogens (tertiary/aromatic N) is 1. The number of carbonyl (C=O) groups excluding carboxylic acids is 1. The van der Waals surface area contributed by atoms with Gasteiger partial charge in [0.25, 0.3) is 5.91 Å². The summed E-state index contributed by atoms with van der Waals surface area (Å²) in [6, 6.07) is 4.21. The van der Waals surface area contributed by atoms with E-state index in [4.69, 9.17) is 5.11 Å². The Hall–Kier alpha value is -2.23. The minimum absolute atomic E-state index is 0.173. The molecular formula is C15H13FN2O2S. The average molecular weight is 304 g/mol. The first kappa shape index (κ1) is 15.2. The fourth-order valence-electron chi connectivity index (χ4n) is 1.76. The lowest BCUT2D eigenvalue weighted by Gasteiger charge is -2.05. The summed E-state index contributed by atoms with van der Waals surface area (Å²) >= 11 is 1.29. The molecule has 21 heavy (non-hydrogen) atoms. The van der Waals surface area contributed by atoms with E-state index in [-0.39, 0.29) is 18.1 Å². The number of benzene rings is 1. The van der Waals surface area contributed by atoms with Crippen LogP contribution in [0.5, 0.6) is 0 Å². The fraction of sp³-hybridized carbons (Fsp3) is 0.200. The van der Waals surface area contributed by atoms with Crippen molar-refractivity contribution in [2.24, 2.45) is 0 Å². The number of rotatable bonds is 2. The third-order valence-electron chi connectivity index (χ3n) is 2.64. The highest BCUT2D eigenvalue weighted by atomic mass is 32.1. The van der Waals surface area contributed by atoms with E-state index in [1.165, 1.54) is 23.5 Å². The number of halogens is 1. The smallest absolute Gasteiger partial charge is 0.267 e. The van der Waals surface area contributed by atoms with Crippen molar-refractivity contribution in [1.29, 1.82) is 0 Å². The van der Waals surface area contributed by atoms with Crippen LogP contribution in [0, 0.1) is 31.5 Å². The number of anilines is 1. The van der Waals surface area contributed by atoms with E-state index in [2.05, 4.69) is 22.1 Å². The van der Waals surface area contributed by atoms with E-state index in [0.717, 1.165) is 5.01 Å². The van der Waals surface area contributed by atoms with Crippen molar-refractivity contribution in [3.63, 3.8) is 0 Å². The van der Waals surface area contributed by atoms with Gasteiger partial charge in [0.05, 0.1) is 16.3 Å². The Balaban J connectivity index is 2.18. The summed E-state index contributed by atoms with van der Waals surface area (Å²) in [7, 11) is 0. The molecule has 0 radical (unpaired) electrons. The molecule has 2 rings (SSSR count). The molecule has 1 aromatic carbocycles. The molecule has 0 aliphatic carbocycles. The maximum atomic E-state index is 13.8. The number of aliphatic hydroxyl groups excluding tert-OH is 1. The molecule has 0 saturated carbocycles. The summed E-state index contributed by atoms with van der Waals surface area (Å²) in [5.74, 6) is 4.00. The molecule has 0 spiro atoms. The van der Waals surface area contributed by atoms with Crippen molar-refractivity contribution in [2.75, 3.05) is 11.9 Å². The Morgan fingerprint density at radius 1 is 1.48 bits per heavy atom. The molecule has 0 aliphatic heterocycles. The first-order valence-corrected chi connectivity index (χ1v) is 6.97. The lowest BCUT2D eigenvalue weighted by atomic mass is 10.2. The first-order valence-electron chi connectivity index (χ1n) is 6.16. The van der Waals surface area contributed by atoms with Gasteiger partial charge in [0.2, 0.25) is 0 Å². The van der Waals surface area contributed by atoms with Gasteiger partial charge in [-0.25, -0.2) is 9.37 Å². The summed E-state index contributed by atoms with van der Waals surface area (Å²) in [6.45, 7) is 3.25. The molecule has 0 bridgehead atoms. The number of thiazole rings is 1. The van der Waals surface area contributed by atoms with Crippen molar-refractivity contribution in [3.05, 3.63) is 45.2 Å². The number of aryl methyl sites for hydroxylation is 2. The van der Waals surface area contributed by atoms with Gasteiger partial charge in [0.1, 0.15) is 17.3 Å². The van der Waals surface area contributed by atoms with Crippen LogP contribution >= 0.6 is 11.3 Å². The summed E-state index contributed by atoms with van der Waals surface area (Å²) in [4.78, 5) is 16.8. The number of aromatic nitrogens is 1. The number of hydrogen-bond donors (Lipinski definition) is 2. The van der Waals surface area contributed by atoms with Gasteiger partial charge in [0.15, 0.2) is 0 Å². The maximum Gasteiger partial charge on any atom is 0.267 e. The van der Waals surface area contributed by atoms with E-state index in [9.17, 15) is 9.18 Å². The lowest BCUT2D eigenvalue weighted by molar-refractivity contribution is 0.103. The molecule has 0 saturated heterocycles. The van der Waals surface area contributed by atoms with E-state index >= 15 is 0 Å². The van der Waals surface area contributed by atoms with Gasteiger partial charge in [-0.1, -0.05) is 11.8 Å². The summed E-state index contributed by atoms with van der Waals surface area (Å²) in [5.41, 5.74) is 1.17. The number of amides is 1. The van der Waals surface area contributed by atoms with Gasteiger partial charge < -0.3 is 10.4 Å². The molecule has 108 valence electrons. The molecule has 1 heterocycles. The average Bonchev–Trinajstić information content (AvgIpc) is 2.77. The molecule has 6 heteroatoms. The molecule has 4 nitrogen and oxygen atoms in total. The minimum atomic E-state index is -0.550. The number of aliphatic hydroxyl groups is 1. The summed E-state index contributed by atoms with van der Waals surface area (Å²) in [6.07, 6.45) is 0. The van der Waals surface area contributed by atoms with Crippen molar-refractivity contribution in [3.8, 4) is 11.8 Å². The van der Waals surface area contributed by atoms with Gasteiger partial charge >= 0.3 is 0 Å². The minimum Gasteiger partial charge on any atom is -0.384 e. The quantitative estimate of drug-likeness (QED) is 0.838. The van der Waals surface area contributed by atoms with Crippen LogP contribution < -0.4 is 5.32 Å². The largest absolute Gasteiger partial charge is 0.384 e. The third-order valence-corrected chi connectivity index (χ3v) is 3.71. The first-order chi connectivity index (χ1) is 10.0. The van der Waals surface area contributed by atoms with Gasteiger partial charge in [0, 0.05) is 5.69 Å². The molecule has 1 aromatic heterocycles. The van der Waals surface area contributed by atoms with Crippen LogP contribution in [0.3, 0.4) is 0 Å².